The van der Waals surface area contributed by atoms with Crippen LogP contribution in [-0.4, -0.2) is 30.7 Å². The van der Waals surface area contributed by atoms with Crippen molar-refractivity contribution in [2.45, 2.75) is 20.4 Å². The maximum absolute atomic E-state index is 12.5. The zero-order valence-electron chi connectivity index (χ0n) is 15.6. The summed E-state index contributed by atoms with van der Waals surface area (Å²) >= 11 is 0. The number of aryl methyl sites for hydroxylation is 2. The standard InChI is InChI=1S/C20H20BN3O4/c1-11-6-14(18(25)23-10-13-4-3-5-15(22)8-13)7-12(2)17(11)19(26)24-16(9-21)20(27)28/h3-9H,10,22H2,1-2H3,(H,23,25)(H,24,26)(H,27,28)/b16-9-. The molecule has 0 atom stereocenters. The van der Waals surface area contributed by atoms with Gasteiger partial charge in [-0.1, -0.05) is 12.1 Å². The molecule has 0 aliphatic rings. The molecule has 0 heterocycles. The van der Waals surface area contributed by atoms with Crippen molar-refractivity contribution >= 4 is 31.3 Å². The molecule has 142 valence electrons. The van der Waals surface area contributed by atoms with E-state index in [9.17, 15) is 14.4 Å². The Bertz CT molecular complexity index is 947. The Balaban J connectivity index is 2.17. The van der Waals surface area contributed by atoms with Crippen molar-refractivity contribution in [3.05, 3.63) is 75.9 Å². The average Bonchev–Trinajstić information content (AvgIpc) is 2.63. The number of aliphatic carboxylic acids is 1. The van der Waals surface area contributed by atoms with Crippen molar-refractivity contribution in [2.24, 2.45) is 0 Å². The molecule has 8 heteroatoms. The summed E-state index contributed by atoms with van der Waals surface area (Å²) in [5.41, 5.74) is 8.53. The van der Waals surface area contributed by atoms with Gasteiger partial charge >= 0.3 is 5.97 Å². The van der Waals surface area contributed by atoms with Gasteiger partial charge in [-0.25, -0.2) is 4.79 Å². The summed E-state index contributed by atoms with van der Waals surface area (Å²) in [4.78, 5) is 35.9. The Kier molecular flexibility index (Phi) is 6.60. The van der Waals surface area contributed by atoms with Gasteiger partial charge in [-0.05, 0) is 54.8 Å². The first-order valence-electron chi connectivity index (χ1n) is 8.43. The number of carbonyl (C=O) groups is 3. The minimum atomic E-state index is -1.34. The van der Waals surface area contributed by atoms with Gasteiger partial charge in [-0.2, -0.15) is 0 Å². The number of amides is 2. The fourth-order valence-corrected chi connectivity index (χ4v) is 2.79. The second-order valence-electron chi connectivity index (χ2n) is 6.25. The van der Waals surface area contributed by atoms with Gasteiger partial charge in [0, 0.05) is 23.4 Å². The van der Waals surface area contributed by atoms with E-state index in [-0.39, 0.29) is 11.5 Å². The van der Waals surface area contributed by atoms with Crippen LogP contribution in [0.3, 0.4) is 0 Å². The van der Waals surface area contributed by atoms with Gasteiger partial charge in [0.1, 0.15) is 13.5 Å². The molecule has 0 fully saturated rings. The monoisotopic (exact) mass is 377 g/mol. The molecule has 0 bridgehead atoms. The van der Waals surface area contributed by atoms with Crippen LogP contribution < -0.4 is 16.4 Å². The van der Waals surface area contributed by atoms with Crippen LogP contribution in [-0.2, 0) is 11.3 Å². The normalized spacial score (nSPS) is 11.0. The number of nitrogens with one attached hydrogen (secondary N) is 2. The van der Waals surface area contributed by atoms with Gasteiger partial charge in [-0.3, -0.25) is 9.59 Å². The smallest absolute Gasteiger partial charge is 0.351 e. The van der Waals surface area contributed by atoms with Crippen molar-refractivity contribution in [3.8, 4) is 0 Å². The fraction of sp³-hybridized carbons (Fsp3) is 0.150. The van der Waals surface area contributed by atoms with E-state index < -0.39 is 17.6 Å². The number of hydrogen-bond acceptors (Lipinski definition) is 4. The van der Waals surface area contributed by atoms with Crippen molar-refractivity contribution in [2.75, 3.05) is 5.73 Å². The van der Waals surface area contributed by atoms with Crippen LogP contribution in [0.5, 0.6) is 0 Å². The maximum Gasteiger partial charge on any atom is 0.351 e. The lowest BCUT2D eigenvalue weighted by Crippen LogP contribution is -2.29. The van der Waals surface area contributed by atoms with Gasteiger partial charge < -0.3 is 21.5 Å². The van der Waals surface area contributed by atoms with Gasteiger partial charge in [-0.15, -0.1) is 5.98 Å². The summed E-state index contributed by atoms with van der Waals surface area (Å²) in [6, 6.07) is 10.3. The van der Waals surface area contributed by atoms with Crippen molar-refractivity contribution in [3.63, 3.8) is 0 Å². The molecule has 0 saturated heterocycles. The number of anilines is 1. The zero-order chi connectivity index (χ0) is 20.8. The molecule has 2 rings (SSSR count). The molecule has 2 aromatic carbocycles. The second-order valence-corrected chi connectivity index (χ2v) is 6.25. The highest BCUT2D eigenvalue weighted by atomic mass is 16.4. The van der Waals surface area contributed by atoms with Crippen LogP contribution in [0.2, 0.25) is 0 Å². The molecular weight excluding hydrogens is 357 g/mol. The van der Waals surface area contributed by atoms with Crippen molar-refractivity contribution < 1.29 is 19.5 Å². The summed E-state index contributed by atoms with van der Waals surface area (Å²) in [6.07, 6.45) is 0. The molecule has 28 heavy (non-hydrogen) atoms. The summed E-state index contributed by atoms with van der Waals surface area (Å²) in [6.45, 7) is 3.65. The molecule has 2 aromatic rings. The molecule has 5 N–H and O–H groups in total. The number of nitrogens with two attached hydrogens (primary N) is 1. The fourth-order valence-electron chi connectivity index (χ4n) is 2.79. The first-order chi connectivity index (χ1) is 13.2. The predicted octanol–water partition coefficient (Wildman–Crippen LogP) is 1.64. The Morgan fingerprint density at radius 2 is 1.75 bits per heavy atom. The first-order valence-corrected chi connectivity index (χ1v) is 8.43. The van der Waals surface area contributed by atoms with E-state index in [0.717, 1.165) is 11.5 Å². The number of benzene rings is 2. The summed E-state index contributed by atoms with van der Waals surface area (Å²) < 4.78 is 0. The minimum Gasteiger partial charge on any atom is -0.477 e. The van der Waals surface area contributed by atoms with E-state index >= 15 is 0 Å². The van der Waals surface area contributed by atoms with Crippen LogP contribution in [0.4, 0.5) is 5.69 Å². The third kappa shape index (κ3) is 5.00. The number of nitrogen functional groups attached to an aromatic ring is 1. The molecule has 0 saturated carbocycles. The minimum absolute atomic E-state index is 0.285. The van der Waals surface area contributed by atoms with Crippen molar-refractivity contribution in [1.82, 2.24) is 10.6 Å². The number of rotatable bonds is 6. The lowest BCUT2D eigenvalue weighted by atomic mass is 9.98. The van der Waals surface area contributed by atoms with E-state index in [1.165, 1.54) is 0 Å². The molecule has 0 unspecified atom stereocenters. The van der Waals surface area contributed by atoms with E-state index in [1.54, 1.807) is 44.2 Å². The highest BCUT2D eigenvalue weighted by Gasteiger charge is 2.18. The van der Waals surface area contributed by atoms with Crippen LogP contribution in [0, 0.1) is 13.8 Å². The Morgan fingerprint density at radius 1 is 1.11 bits per heavy atom. The number of carboxylic acids is 1. The zero-order valence-corrected chi connectivity index (χ0v) is 15.6. The average molecular weight is 377 g/mol. The second kappa shape index (κ2) is 8.90. The molecule has 2 radical (unpaired) electrons. The predicted molar refractivity (Wildman–Crippen MR) is 107 cm³/mol. The highest BCUT2D eigenvalue weighted by Crippen LogP contribution is 2.18. The molecule has 0 spiro atoms. The SMILES string of the molecule is [B]/C=C(\NC(=O)c1c(C)cc(C(=O)NCc2cccc(N)c2)cc1C)C(=O)O. The Labute approximate surface area is 164 Å². The van der Waals surface area contributed by atoms with E-state index in [2.05, 4.69) is 10.6 Å². The van der Waals surface area contributed by atoms with E-state index in [0.29, 0.717) is 28.9 Å². The van der Waals surface area contributed by atoms with Crippen LogP contribution in [0.25, 0.3) is 0 Å². The number of hydrogen-bond donors (Lipinski definition) is 4. The third-order valence-electron chi connectivity index (χ3n) is 4.07. The first kappa shape index (κ1) is 20.8. The quantitative estimate of drug-likeness (QED) is 0.346. The molecule has 0 aliphatic carbocycles. The molecule has 0 aliphatic heterocycles. The van der Waals surface area contributed by atoms with Crippen LogP contribution >= 0.6 is 0 Å². The Morgan fingerprint density at radius 3 is 2.29 bits per heavy atom. The highest BCUT2D eigenvalue weighted by molar-refractivity contribution is 6.20. The van der Waals surface area contributed by atoms with E-state index in [4.69, 9.17) is 18.7 Å². The number of carbonyl (C=O) groups excluding carboxylic acids is 2. The van der Waals surface area contributed by atoms with Gasteiger partial charge in [0.25, 0.3) is 11.8 Å². The van der Waals surface area contributed by atoms with Gasteiger partial charge in [0.2, 0.25) is 0 Å². The molecule has 2 amide bonds. The maximum atomic E-state index is 12.5. The van der Waals surface area contributed by atoms with Crippen molar-refractivity contribution in [1.29, 1.82) is 0 Å². The third-order valence-corrected chi connectivity index (χ3v) is 4.07. The molecular formula is C20H20BN3O4. The Hall–Kier alpha value is -3.55. The number of carboxylic acid groups (broad SMARTS) is 1. The van der Waals surface area contributed by atoms with Gasteiger partial charge in [0.15, 0.2) is 0 Å². The largest absolute Gasteiger partial charge is 0.477 e. The molecule has 7 nitrogen and oxygen atoms in total. The lowest BCUT2D eigenvalue weighted by Gasteiger charge is -2.13. The molecule has 0 aromatic heterocycles. The van der Waals surface area contributed by atoms with E-state index in [1.807, 2.05) is 6.07 Å². The summed E-state index contributed by atoms with van der Waals surface area (Å²) in [5.74, 6) is -1.44. The lowest BCUT2D eigenvalue weighted by molar-refractivity contribution is -0.133. The topological polar surface area (TPSA) is 122 Å². The van der Waals surface area contributed by atoms with Crippen LogP contribution in [0.1, 0.15) is 37.4 Å². The summed E-state index contributed by atoms with van der Waals surface area (Å²) in [7, 11) is 5.21. The summed E-state index contributed by atoms with van der Waals surface area (Å²) in [5, 5.41) is 14.0. The van der Waals surface area contributed by atoms with Crippen LogP contribution in [0.15, 0.2) is 48.1 Å². The van der Waals surface area contributed by atoms with Gasteiger partial charge in [0.05, 0.1) is 0 Å².